The molecule has 3 nitrogen and oxygen atoms in total. The molecule has 0 saturated heterocycles. The lowest BCUT2D eigenvalue weighted by atomic mass is 9.91. The van der Waals surface area contributed by atoms with Gasteiger partial charge in [0.2, 0.25) is 0 Å². The van der Waals surface area contributed by atoms with Gasteiger partial charge in [0.05, 0.1) is 17.7 Å². The maximum atomic E-state index is 12.9. The molecule has 27 heavy (non-hydrogen) atoms. The van der Waals surface area contributed by atoms with Crippen LogP contribution in [0.2, 0.25) is 10.0 Å². The molecule has 2 aromatic carbocycles. The van der Waals surface area contributed by atoms with Crippen LogP contribution in [0.1, 0.15) is 66.4 Å². The maximum absolute atomic E-state index is 12.9. The molecule has 0 bridgehead atoms. The summed E-state index contributed by atoms with van der Waals surface area (Å²) >= 11 is 12.8. The van der Waals surface area contributed by atoms with Crippen LogP contribution in [0.5, 0.6) is 5.75 Å². The lowest BCUT2D eigenvalue weighted by Gasteiger charge is -2.24. The number of hydrogen-bond donors (Lipinski definition) is 1. The van der Waals surface area contributed by atoms with E-state index in [1.165, 1.54) is 13.5 Å². The molecule has 1 aliphatic carbocycles. The molecule has 2 aromatic rings. The van der Waals surface area contributed by atoms with Crippen molar-refractivity contribution in [2.75, 3.05) is 7.11 Å². The molecular weight excluding hydrogens is 381 g/mol. The average Bonchev–Trinajstić information content (AvgIpc) is 2.68. The lowest BCUT2D eigenvalue weighted by molar-refractivity contribution is 0.0924. The smallest absolute Gasteiger partial charge is 0.255 e. The second kappa shape index (κ2) is 8.99. The van der Waals surface area contributed by atoms with E-state index in [2.05, 4.69) is 12.2 Å². The summed E-state index contributed by atoms with van der Waals surface area (Å²) in [7, 11) is 1.54. The fraction of sp³-hybridized carbons (Fsp3) is 0.409. The van der Waals surface area contributed by atoms with Gasteiger partial charge in [-0.1, -0.05) is 67.6 Å². The van der Waals surface area contributed by atoms with Gasteiger partial charge in [-0.15, -0.1) is 0 Å². The minimum absolute atomic E-state index is 0.00309. The molecule has 1 N–H and O–H groups in total. The Labute approximate surface area is 171 Å². The van der Waals surface area contributed by atoms with E-state index in [0.717, 1.165) is 36.8 Å². The zero-order valence-corrected chi connectivity index (χ0v) is 17.2. The van der Waals surface area contributed by atoms with Crippen LogP contribution < -0.4 is 10.1 Å². The maximum Gasteiger partial charge on any atom is 0.255 e. The van der Waals surface area contributed by atoms with E-state index in [4.69, 9.17) is 27.9 Å². The predicted octanol–water partition coefficient (Wildman–Crippen LogP) is 6.22. The summed E-state index contributed by atoms with van der Waals surface area (Å²) < 4.78 is 5.43. The Hall–Kier alpha value is -1.71. The quantitative estimate of drug-likeness (QED) is 0.641. The largest absolute Gasteiger partial charge is 0.494 e. The topological polar surface area (TPSA) is 38.3 Å². The number of nitrogens with one attached hydrogen (secondary N) is 1. The van der Waals surface area contributed by atoms with Gasteiger partial charge in [0.1, 0.15) is 5.75 Å². The van der Waals surface area contributed by atoms with Crippen molar-refractivity contribution in [1.29, 1.82) is 0 Å². The van der Waals surface area contributed by atoms with Crippen molar-refractivity contribution < 1.29 is 9.53 Å². The summed E-state index contributed by atoms with van der Waals surface area (Å²) in [4.78, 5) is 12.9. The first-order valence-electron chi connectivity index (χ1n) is 9.44. The van der Waals surface area contributed by atoms with Crippen LogP contribution in [-0.2, 0) is 0 Å². The standard InChI is InChI=1S/C22H25Cl2NO2/c1-14(17-10-6-7-11-19(17)23)15-12-18(21(27-2)20(24)13-15)22(26)25-16-8-4-3-5-9-16/h6-7,10-14,16H,3-5,8-9H2,1-2H3,(H,25,26). The summed E-state index contributed by atoms with van der Waals surface area (Å²) in [5.74, 6) is 0.289. The Morgan fingerprint density at radius 2 is 1.81 bits per heavy atom. The molecule has 1 saturated carbocycles. The average molecular weight is 406 g/mol. The van der Waals surface area contributed by atoms with Crippen molar-refractivity contribution in [3.8, 4) is 5.75 Å². The SMILES string of the molecule is COc1c(Cl)cc(C(C)c2ccccc2Cl)cc1C(=O)NC1CCCCC1. The van der Waals surface area contributed by atoms with Crippen LogP contribution in [-0.4, -0.2) is 19.1 Å². The van der Waals surface area contributed by atoms with Crippen molar-refractivity contribution >= 4 is 29.1 Å². The van der Waals surface area contributed by atoms with E-state index in [-0.39, 0.29) is 17.9 Å². The molecule has 1 aliphatic rings. The highest BCUT2D eigenvalue weighted by molar-refractivity contribution is 6.33. The van der Waals surface area contributed by atoms with Crippen LogP contribution in [0.25, 0.3) is 0 Å². The number of rotatable bonds is 5. The Kier molecular flexibility index (Phi) is 6.67. The summed E-state index contributed by atoms with van der Waals surface area (Å²) in [5.41, 5.74) is 2.41. The van der Waals surface area contributed by atoms with Gasteiger partial charge in [-0.3, -0.25) is 4.79 Å². The van der Waals surface area contributed by atoms with E-state index in [0.29, 0.717) is 21.4 Å². The molecule has 3 rings (SSSR count). The molecule has 1 amide bonds. The molecule has 0 aromatic heterocycles. The van der Waals surface area contributed by atoms with Crippen LogP contribution in [0.4, 0.5) is 0 Å². The van der Waals surface area contributed by atoms with Gasteiger partial charge in [0.25, 0.3) is 5.91 Å². The highest BCUT2D eigenvalue weighted by Crippen LogP contribution is 2.36. The summed E-state index contributed by atoms with van der Waals surface area (Å²) in [6, 6.07) is 11.7. The molecule has 5 heteroatoms. The first kappa shape index (κ1) is 20.0. The van der Waals surface area contributed by atoms with Crippen LogP contribution in [0.15, 0.2) is 36.4 Å². The number of ether oxygens (including phenoxy) is 1. The highest BCUT2D eigenvalue weighted by atomic mass is 35.5. The van der Waals surface area contributed by atoms with Crippen molar-refractivity contribution in [2.45, 2.75) is 51.0 Å². The molecule has 0 radical (unpaired) electrons. The van der Waals surface area contributed by atoms with Gasteiger partial charge in [-0.05, 0) is 42.2 Å². The number of methoxy groups -OCH3 is 1. The Morgan fingerprint density at radius 1 is 1.11 bits per heavy atom. The van der Waals surface area contributed by atoms with Gasteiger partial charge in [0.15, 0.2) is 0 Å². The molecule has 0 aliphatic heterocycles. The first-order chi connectivity index (χ1) is 13.0. The third kappa shape index (κ3) is 4.59. The van der Waals surface area contributed by atoms with Gasteiger partial charge in [-0.25, -0.2) is 0 Å². The fourth-order valence-electron chi connectivity index (χ4n) is 3.76. The van der Waals surface area contributed by atoms with E-state index >= 15 is 0 Å². The van der Waals surface area contributed by atoms with Crippen molar-refractivity contribution in [2.24, 2.45) is 0 Å². The fourth-order valence-corrected chi connectivity index (χ4v) is 4.36. The summed E-state index contributed by atoms with van der Waals surface area (Å²) in [5, 5.41) is 4.28. The lowest BCUT2D eigenvalue weighted by Crippen LogP contribution is -2.36. The third-order valence-corrected chi connectivity index (χ3v) is 5.95. The monoisotopic (exact) mass is 405 g/mol. The molecule has 1 unspecified atom stereocenters. The number of hydrogen-bond acceptors (Lipinski definition) is 2. The second-order valence-electron chi connectivity index (χ2n) is 7.14. The van der Waals surface area contributed by atoms with Gasteiger partial charge >= 0.3 is 0 Å². The zero-order chi connectivity index (χ0) is 19.4. The molecule has 1 fully saturated rings. The number of benzene rings is 2. The number of halogens is 2. The van der Waals surface area contributed by atoms with Gasteiger partial charge in [0, 0.05) is 17.0 Å². The van der Waals surface area contributed by atoms with Crippen molar-refractivity contribution in [1.82, 2.24) is 5.32 Å². The Bertz CT molecular complexity index is 816. The highest BCUT2D eigenvalue weighted by Gasteiger charge is 2.23. The van der Waals surface area contributed by atoms with E-state index < -0.39 is 0 Å². The number of amides is 1. The summed E-state index contributed by atoms with van der Waals surface area (Å²) in [6.45, 7) is 2.06. The molecular formula is C22H25Cl2NO2. The third-order valence-electron chi connectivity index (χ3n) is 5.33. The number of carbonyl (C=O) groups excluding carboxylic acids is 1. The minimum Gasteiger partial charge on any atom is -0.494 e. The first-order valence-corrected chi connectivity index (χ1v) is 10.2. The number of carbonyl (C=O) groups is 1. The minimum atomic E-state index is -0.131. The van der Waals surface area contributed by atoms with Gasteiger partial charge in [-0.2, -0.15) is 0 Å². The molecule has 144 valence electrons. The van der Waals surface area contributed by atoms with E-state index in [1.807, 2.05) is 36.4 Å². The van der Waals surface area contributed by atoms with Crippen LogP contribution >= 0.6 is 23.2 Å². The van der Waals surface area contributed by atoms with Gasteiger partial charge < -0.3 is 10.1 Å². The van der Waals surface area contributed by atoms with Crippen LogP contribution in [0.3, 0.4) is 0 Å². The summed E-state index contributed by atoms with van der Waals surface area (Å²) in [6.07, 6.45) is 5.61. The Balaban J connectivity index is 1.93. The van der Waals surface area contributed by atoms with Crippen molar-refractivity contribution in [3.63, 3.8) is 0 Å². The molecule has 0 spiro atoms. The molecule has 0 heterocycles. The van der Waals surface area contributed by atoms with E-state index in [1.54, 1.807) is 0 Å². The molecule has 1 atom stereocenters. The van der Waals surface area contributed by atoms with E-state index in [9.17, 15) is 4.79 Å². The second-order valence-corrected chi connectivity index (χ2v) is 7.95. The zero-order valence-electron chi connectivity index (χ0n) is 15.7. The Morgan fingerprint density at radius 3 is 2.48 bits per heavy atom. The van der Waals surface area contributed by atoms with Crippen LogP contribution in [0, 0.1) is 0 Å². The normalized spacial score (nSPS) is 16.0. The van der Waals surface area contributed by atoms with Crippen molar-refractivity contribution in [3.05, 3.63) is 63.1 Å². The predicted molar refractivity (Wildman–Crippen MR) is 111 cm³/mol.